The number of anilines is 2. The Bertz CT molecular complexity index is 1800. The SMILES string of the molecule is CCOP(=O)(OCC)C(Nc1cc(N(C)C)c2c(c1O)C(=O)C1=C(O)[C@]3(O)C(=O)C(C(N)=O)=C(O)[C@@H](N(C)C)[C@H]3C[C@@H]1C2)c1ccccc1. The van der Waals surface area contributed by atoms with Gasteiger partial charge in [-0.25, -0.2) is 0 Å². The predicted molar refractivity (Wildman–Crippen MR) is 182 cm³/mol. The molecule has 1 amide bonds. The Morgan fingerprint density at radius 2 is 1.69 bits per heavy atom. The minimum absolute atomic E-state index is 0.0144. The molecule has 49 heavy (non-hydrogen) atoms. The van der Waals surface area contributed by atoms with Crippen LogP contribution in [-0.4, -0.2) is 95.8 Å². The van der Waals surface area contributed by atoms with Crippen LogP contribution in [0.5, 0.6) is 5.75 Å². The second-order valence-corrected chi connectivity index (χ2v) is 14.9. The molecule has 3 aliphatic rings. The molecule has 7 N–H and O–H groups in total. The van der Waals surface area contributed by atoms with Gasteiger partial charge in [-0.1, -0.05) is 30.3 Å². The van der Waals surface area contributed by atoms with E-state index in [9.17, 15) is 39.4 Å². The van der Waals surface area contributed by atoms with Crippen LogP contribution in [0.3, 0.4) is 0 Å². The first-order valence-corrected chi connectivity index (χ1v) is 17.6. The van der Waals surface area contributed by atoms with Crippen molar-refractivity contribution in [2.75, 3.05) is 51.6 Å². The average molecular weight is 699 g/mol. The van der Waals surface area contributed by atoms with Gasteiger partial charge in [0.1, 0.15) is 22.8 Å². The van der Waals surface area contributed by atoms with Gasteiger partial charge in [-0.3, -0.25) is 23.8 Å². The fraction of sp³-hybridized carbons (Fsp3) is 0.441. The molecule has 264 valence electrons. The van der Waals surface area contributed by atoms with E-state index < -0.39 is 77.2 Å². The van der Waals surface area contributed by atoms with Crippen molar-refractivity contribution in [2.24, 2.45) is 17.6 Å². The summed E-state index contributed by atoms with van der Waals surface area (Å²) < 4.78 is 25.5. The summed E-state index contributed by atoms with van der Waals surface area (Å²) in [4.78, 5) is 43.7. The number of ketones is 2. The predicted octanol–water partition coefficient (Wildman–Crippen LogP) is 3.56. The summed E-state index contributed by atoms with van der Waals surface area (Å²) in [5, 5.41) is 49.6. The number of phenolic OH excluding ortho intramolecular Hbond substituents is 1. The van der Waals surface area contributed by atoms with Crippen LogP contribution in [0.2, 0.25) is 0 Å². The highest BCUT2D eigenvalue weighted by molar-refractivity contribution is 7.54. The Balaban J connectivity index is 1.70. The number of aliphatic hydroxyl groups excluding tert-OH is 2. The van der Waals surface area contributed by atoms with Gasteiger partial charge in [-0.2, -0.15) is 0 Å². The zero-order valence-corrected chi connectivity index (χ0v) is 29.2. The number of carbonyl (C=O) groups is 3. The number of nitrogens with two attached hydrogens (primary N) is 1. The highest BCUT2D eigenvalue weighted by Crippen LogP contribution is 2.62. The van der Waals surface area contributed by atoms with E-state index in [1.165, 1.54) is 4.90 Å². The lowest BCUT2D eigenvalue weighted by molar-refractivity contribution is -0.148. The maximum absolute atomic E-state index is 14.5. The fourth-order valence-electron chi connectivity index (χ4n) is 7.48. The third-order valence-corrected chi connectivity index (χ3v) is 11.8. The number of primary amides is 1. The Morgan fingerprint density at radius 3 is 2.22 bits per heavy atom. The van der Waals surface area contributed by atoms with Gasteiger partial charge in [0.2, 0.25) is 5.78 Å². The molecule has 0 saturated carbocycles. The van der Waals surface area contributed by atoms with Crippen LogP contribution < -0.4 is 16.0 Å². The number of nitrogens with one attached hydrogen (secondary N) is 1. The van der Waals surface area contributed by atoms with Gasteiger partial charge in [0.15, 0.2) is 17.2 Å². The number of aliphatic hydroxyl groups is 3. The lowest BCUT2D eigenvalue weighted by atomic mass is 9.58. The quantitative estimate of drug-likeness (QED) is 0.113. The van der Waals surface area contributed by atoms with E-state index in [1.54, 1.807) is 83.3 Å². The van der Waals surface area contributed by atoms with E-state index in [-0.39, 0.29) is 42.9 Å². The molecule has 0 heterocycles. The van der Waals surface area contributed by atoms with Crippen molar-refractivity contribution >= 4 is 36.4 Å². The van der Waals surface area contributed by atoms with Crippen LogP contribution in [-0.2, 0) is 29.6 Å². The molecule has 0 radical (unpaired) electrons. The van der Waals surface area contributed by atoms with Crippen molar-refractivity contribution in [3.63, 3.8) is 0 Å². The number of likely N-dealkylation sites (N-methyl/N-ethyl adjacent to an activating group) is 1. The topological polar surface area (TPSA) is 212 Å². The van der Waals surface area contributed by atoms with E-state index in [0.29, 0.717) is 16.8 Å². The summed E-state index contributed by atoms with van der Waals surface area (Å²) >= 11 is 0. The lowest BCUT2D eigenvalue weighted by Crippen LogP contribution is -2.63. The lowest BCUT2D eigenvalue weighted by Gasteiger charge is -2.50. The molecule has 2 aromatic carbocycles. The zero-order chi connectivity index (χ0) is 36.2. The first-order valence-electron chi connectivity index (χ1n) is 16.0. The van der Waals surface area contributed by atoms with Crippen molar-refractivity contribution in [1.82, 2.24) is 4.90 Å². The maximum atomic E-state index is 14.5. The molecule has 0 fully saturated rings. The number of fused-ring (bicyclic) bond motifs is 3. The molecule has 0 aromatic heterocycles. The Kier molecular flexibility index (Phi) is 9.76. The van der Waals surface area contributed by atoms with Gasteiger partial charge >= 0.3 is 7.60 Å². The fourth-order valence-corrected chi connectivity index (χ4v) is 9.41. The third-order valence-electron chi connectivity index (χ3n) is 9.52. The number of hydrogen-bond acceptors (Lipinski definition) is 13. The van der Waals surface area contributed by atoms with Crippen molar-refractivity contribution < 1.29 is 48.4 Å². The third kappa shape index (κ3) is 5.71. The number of carbonyl (C=O) groups excluding carboxylic acids is 3. The molecule has 3 aliphatic carbocycles. The minimum Gasteiger partial charge on any atom is -0.510 e. The normalized spacial score (nSPS) is 24.4. The molecule has 0 aliphatic heterocycles. The average Bonchev–Trinajstić information content (AvgIpc) is 3.02. The largest absolute Gasteiger partial charge is 0.510 e. The monoisotopic (exact) mass is 698 g/mol. The minimum atomic E-state index is -3.93. The summed E-state index contributed by atoms with van der Waals surface area (Å²) in [6.07, 6.45) is 0.0652. The van der Waals surface area contributed by atoms with Crippen molar-refractivity contribution in [2.45, 2.75) is 44.1 Å². The molecule has 2 aromatic rings. The summed E-state index contributed by atoms with van der Waals surface area (Å²) in [5.41, 5.74) is 2.83. The highest BCUT2D eigenvalue weighted by Gasteiger charge is 2.63. The molecule has 0 spiro atoms. The Morgan fingerprint density at radius 1 is 1.08 bits per heavy atom. The Labute approximate surface area is 284 Å². The second-order valence-electron chi connectivity index (χ2n) is 12.8. The molecular formula is C34H43N4O10P. The summed E-state index contributed by atoms with van der Waals surface area (Å²) in [6.45, 7) is 3.48. The van der Waals surface area contributed by atoms with Gasteiger partial charge in [0.25, 0.3) is 5.91 Å². The van der Waals surface area contributed by atoms with Crippen LogP contribution in [0.25, 0.3) is 0 Å². The zero-order valence-electron chi connectivity index (χ0n) is 28.3. The van der Waals surface area contributed by atoms with E-state index >= 15 is 0 Å². The number of Topliss-reactive ketones (excluding diaryl/α,β-unsaturated/α-hetero) is 2. The second kappa shape index (κ2) is 13.3. The molecule has 1 unspecified atom stereocenters. The van der Waals surface area contributed by atoms with Crippen LogP contribution in [0, 0.1) is 11.8 Å². The number of rotatable bonds is 11. The highest BCUT2D eigenvalue weighted by atomic mass is 31.2. The van der Waals surface area contributed by atoms with Gasteiger partial charge < -0.3 is 45.4 Å². The van der Waals surface area contributed by atoms with Crippen LogP contribution >= 0.6 is 7.60 Å². The molecule has 5 atom stereocenters. The van der Waals surface area contributed by atoms with Gasteiger partial charge in [-0.05, 0) is 63.9 Å². The summed E-state index contributed by atoms with van der Waals surface area (Å²) in [7, 11) is 2.72. The molecule has 0 bridgehead atoms. The number of benzene rings is 2. The van der Waals surface area contributed by atoms with Crippen LogP contribution in [0.1, 0.15) is 47.5 Å². The van der Waals surface area contributed by atoms with Gasteiger partial charge in [-0.15, -0.1) is 0 Å². The van der Waals surface area contributed by atoms with E-state index in [2.05, 4.69) is 5.32 Å². The number of phenols is 1. The first-order chi connectivity index (χ1) is 23.0. The summed E-state index contributed by atoms with van der Waals surface area (Å²) in [6, 6.07) is 9.24. The van der Waals surface area contributed by atoms with Gasteiger partial charge in [0.05, 0.1) is 30.5 Å². The van der Waals surface area contributed by atoms with Crippen molar-refractivity contribution in [3.8, 4) is 5.75 Å². The van der Waals surface area contributed by atoms with E-state index in [0.717, 1.165) is 0 Å². The van der Waals surface area contributed by atoms with Crippen molar-refractivity contribution in [3.05, 3.63) is 75.8 Å². The summed E-state index contributed by atoms with van der Waals surface area (Å²) in [5.74, 6) is -8.57. The number of allylic oxidation sites excluding steroid dienone is 1. The van der Waals surface area contributed by atoms with E-state index in [4.69, 9.17) is 14.8 Å². The van der Waals surface area contributed by atoms with Crippen LogP contribution in [0.15, 0.2) is 59.1 Å². The van der Waals surface area contributed by atoms with E-state index in [1.807, 2.05) is 0 Å². The van der Waals surface area contributed by atoms with Crippen molar-refractivity contribution in [1.29, 1.82) is 0 Å². The molecule has 0 saturated heterocycles. The standard InChI is InChI=1S/C34H43N4O10P/c1-7-47-49(46,48-8-2)33(17-12-10-9-11-13-17)36-21-16-22(37(3)4)19-14-18-15-20-26(38(5)6)29(41)25(32(35)44)31(43)34(20,45)30(42)23(18)28(40)24(19)27(21)39/h9-13,16,18,20,26,33,36,39,41-42,45H,7-8,14-15H2,1-6H3,(H2,35,44)/t18-,20+,26-,33?,34-/m0/s1. The van der Waals surface area contributed by atoms with Crippen LogP contribution in [0.4, 0.5) is 11.4 Å². The number of amides is 1. The number of aromatic hydroxyl groups is 1. The smallest absolute Gasteiger partial charge is 0.357 e. The number of hydrogen-bond donors (Lipinski definition) is 6. The first kappa shape index (κ1) is 36.1. The number of nitrogens with zero attached hydrogens (tertiary/aromatic N) is 2. The molecule has 15 heteroatoms. The molecular weight excluding hydrogens is 655 g/mol. The maximum Gasteiger partial charge on any atom is 0.357 e. The molecule has 14 nitrogen and oxygen atoms in total. The van der Waals surface area contributed by atoms with Gasteiger partial charge in [0, 0.05) is 31.3 Å². The molecule has 5 rings (SSSR count). The Hall–Kier alpha value is -4.20.